The van der Waals surface area contributed by atoms with E-state index in [1.807, 2.05) is 25.1 Å². The van der Waals surface area contributed by atoms with E-state index in [2.05, 4.69) is 24.1 Å². The van der Waals surface area contributed by atoms with E-state index in [0.717, 1.165) is 24.0 Å². The van der Waals surface area contributed by atoms with Crippen molar-refractivity contribution in [1.29, 1.82) is 0 Å². The average molecular weight is 278 g/mol. The summed E-state index contributed by atoms with van der Waals surface area (Å²) in [5.74, 6) is 0.396. The van der Waals surface area contributed by atoms with Crippen LogP contribution in [0.15, 0.2) is 24.3 Å². The number of nitrogens with one attached hydrogen (secondary N) is 1. The van der Waals surface area contributed by atoms with Crippen molar-refractivity contribution in [1.82, 2.24) is 4.98 Å². The van der Waals surface area contributed by atoms with Gasteiger partial charge in [0, 0.05) is 17.6 Å². The molecule has 1 N–H and O–H groups in total. The molecule has 0 aliphatic heterocycles. The van der Waals surface area contributed by atoms with Gasteiger partial charge in [0.05, 0.1) is 5.52 Å². The van der Waals surface area contributed by atoms with E-state index in [-0.39, 0.29) is 5.69 Å². The highest BCUT2D eigenvalue weighted by molar-refractivity contribution is 5.92. The lowest BCUT2D eigenvalue weighted by Crippen LogP contribution is -2.03. The van der Waals surface area contributed by atoms with E-state index < -0.39 is 6.43 Å². The van der Waals surface area contributed by atoms with E-state index in [9.17, 15) is 8.78 Å². The van der Waals surface area contributed by atoms with Crippen LogP contribution >= 0.6 is 0 Å². The summed E-state index contributed by atoms with van der Waals surface area (Å²) in [6, 6.07) is 7.29. The lowest BCUT2D eigenvalue weighted by atomic mass is 10.00. The maximum atomic E-state index is 12.9. The van der Waals surface area contributed by atoms with Crippen molar-refractivity contribution in [3.63, 3.8) is 0 Å². The molecule has 0 bridgehead atoms. The van der Waals surface area contributed by atoms with Crippen molar-refractivity contribution in [3.05, 3.63) is 35.5 Å². The number of hydrogen-bond donors (Lipinski definition) is 1. The zero-order chi connectivity index (χ0) is 14.7. The van der Waals surface area contributed by atoms with Crippen molar-refractivity contribution >= 4 is 16.6 Å². The van der Waals surface area contributed by atoms with Crippen LogP contribution in [0.2, 0.25) is 0 Å². The van der Waals surface area contributed by atoms with Gasteiger partial charge in [-0.1, -0.05) is 26.8 Å². The van der Waals surface area contributed by atoms with Crippen molar-refractivity contribution < 1.29 is 8.78 Å². The van der Waals surface area contributed by atoms with Crippen molar-refractivity contribution in [2.75, 3.05) is 11.9 Å². The van der Waals surface area contributed by atoms with E-state index in [1.54, 1.807) is 0 Å². The first-order chi connectivity index (χ1) is 9.52. The number of rotatable bonds is 5. The molecule has 2 rings (SSSR count). The van der Waals surface area contributed by atoms with Crippen LogP contribution in [0, 0.1) is 0 Å². The lowest BCUT2D eigenvalue weighted by Gasteiger charge is -2.13. The number of anilines is 1. The van der Waals surface area contributed by atoms with Crippen LogP contribution in [-0.4, -0.2) is 11.5 Å². The molecule has 20 heavy (non-hydrogen) atoms. The van der Waals surface area contributed by atoms with Crippen molar-refractivity contribution in [3.8, 4) is 0 Å². The number of nitrogens with zero attached hydrogens (tertiary/aromatic N) is 1. The molecule has 0 unspecified atom stereocenters. The molecule has 0 radical (unpaired) electrons. The molecule has 0 aliphatic rings. The zero-order valence-electron chi connectivity index (χ0n) is 12.1. The molecule has 2 aromatic rings. The summed E-state index contributed by atoms with van der Waals surface area (Å²) in [5.41, 5.74) is 2.37. The van der Waals surface area contributed by atoms with Gasteiger partial charge in [0.1, 0.15) is 5.69 Å². The van der Waals surface area contributed by atoms with E-state index in [0.29, 0.717) is 11.4 Å². The summed E-state index contributed by atoms with van der Waals surface area (Å²) in [6.45, 7) is 7.03. The number of benzene rings is 1. The van der Waals surface area contributed by atoms with Gasteiger partial charge in [-0.3, -0.25) is 0 Å². The smallest absolute Gasteiger partial charge is 0.280 e. The van der Waals surface area contributed by atoms with Crippen LogP contribution in [0.3, 0.4) is 0 Å². The Morgan fingerprint density at radius 3 is 2.55 bits per heavy atom. The van der Waals surface area contributed by atoms with Gasteiger partial charge >= 0.3 is 0 Å². The van der Waals surface area contributed by atoms with Crippen molar-refractivity contribution in [2.45, 2.75) is 39.5 Å². The molecule has 1 aromatic carbocycles. The summed E-state index contributed by atoms with van der Waals surface area (Å²) in [4.78, 5) is 4.05. The Balaban J connectivity index is 2.58. The molecule has 0 amide bonds. The Bertz CT molecular complexity index is 594. The molecule has 0 atom stereocenters. The highest BCUT2D eigenvalue weighted by Crippen LogP contribution is 2.30. The van der Waals surface area contributed by atoms with Crippen molar-refractivity contribution in [2.24, 2.45) is 0 Å². The van der Waals surface area contributed by atoms with Gasteiger partial charge in [0.2, 0.25) is 0 Å². The van der Waals surface area contributed by atoms with Crippen LogP contribution < -0.4 is 5.32 Å². The second-order valence-electron chi connectivity index (χ2n) is 5.25. The third-order valence-corrected chi connectivity index (χ3v) is 3.31. The number of pyridine rings is 1. The highest BCUT2D eigenvalue weighted by Gasteiger charge is 2.14. The van der Waals surface area contributed by atoms with Gasteiger partial charge < -0.3 is 5.32 Å². The summed E-state index contributed by atoms with van der Waals surface area (Å²) in [7, 11) is 0. The number of alkyl halides is 2. The fourth-order valence-electron chi connectivity index (χ4n) is 2.14. The van der Waals surface area contributed by atoms with Crippen LogP contribution in [-0.2, 0) is 0 Å². The van der Waals surface area contributed by atoms with E-state index >= 15 is 0 Å². The van der Waals surface area contributed by atoms with Crippen LogP contribution in [0.25, 0.3) is 10.9 Å². The number of aromatic nitrogens is 1. The second kappa shape index (κ2) is 6.16. The number of hydrogen-bond acceptors (Lipinski definition) is 2. The first kappa shape index (κ1) is 14.7. The van der Waals surface area contributed by atoms with Gasteiger partial charge in [0.25, 0.3) is 6.43 Å². The third kappa shape index (κ3) is 3.06. The molecule has 4 heteroatoms. The zero-order valence-corrected chi connectivity index (χ0v) is 12.1. The van der Waals surface area contributed by atoms with E-state index in [4.69, 9.17) is 0 Å². The molecule has 0 aliphatic carbocycles. The Kier molecular flexibility index (Phi) is 4.53. The van der Waals surface area contributed by atoms with Gasteiger partial charge in [-0.2, -0.15) is 0 Å². The fourth-order valence-corrected chi connectivity index (χ4v) is 2.14. The minimum atomic E-state index is -2.55. The Labute approximate surface area is 118 Å². The molecule has 1 aromatic heterocycles. The Hall–Kier alpha value is -1.71. The monoisotopic (exact) mass is 278 g/mol. The predicted octanol–water partition coefficient (Wildman–Crippen LogP) is 5.12. The molecule has 0 fully saturated rings. The normalized spacial score (nSPS) is 11.6. The quantitative estimate of drug-likeness (QED) is 0.821. The fraction of sp³-hybridized carbons (Fsp3) is 0.438. The largest absolute Gasteiger partial charge is 0.384 e. The molecule has 0 saturated carbocycles. The topological polar surface area (TPSA) is 24.9 Å². The lowest BCUT2D eigenvalue weighted by molar-refractivity contribution is 0.146. The summed E-state index contributed by atoms with van der Waals surface area (Å²) in [6.07, 6.45) is -1.61. The molecule has 0 spiro atoms. The van der Waals surface area contributed by atoms with Gasteiger partial charge in [0.15, 0.2) is 0 Å². The first-order valence-electron chi connectivity index (χ1n) is 6.99. The summed E-state index contributed by atoms with van der Waals surface area (Å²) in [5, 5.41) is 4.14. The first-order valence-corrected chi connectivity index (χ1v) is 6.99. The van der Waals surface area contributed by atoms with Crippen LogP contribution in [0.1, 0.15) is 50.8 Å². The minimum Gasteiger partial charge on any atom is -0.384 e. The maximum absolute atomic E-state index is 12.9. The minimum absolute atomic E-state index is 0.173. The molecule has 0 saturated heterocycles. The number of fused-ring (bicyclic) bond motifs is 1. The van der Waals surface area contributed by atoms with Gasteiger partial charge in [-0.05, 0) is 36.1 Å². The molecule has 1 heterocycles. The van der Waals surface area contributed by atoms with Crippen LogP contribution in [0.4, 0.5) is 14.5 Å². The van der Waals surface area contributed by atoms with Gasteiger partial charge in [-0.25, -0.2) is 13.8 Å². The summed E-state index contributed by atoms with van der Waals surface area (Å²) >= 11 is 0. The molecule has 108 valence electrons. The molecule has 2 nitrogen and oxygen atoms in total. The van der Waals surface area contributed by atoms with E-state index in [1.165, 1.54) is 11.6 Å². The SMILES string of the molecule is CCCNc1cc(C(F)F)nc2ccc(C(C)C)cc12. The Morgan fingerprint density at radius 2 is 1.95 bits per heavy atom. The molecular weight excluding hydrogens is 258 g/mol. The second-order valence-corrected chi connectivity index (χ2v) is 5.25. The standard InChI is InChI=1S/C16H20F2N2/c1-4-7-19-14-9-15(16(17)18)20-13-6-5-11(10(2)3)8-12(13)14/h5-6,8-10,16H,4,7H2,1-3H3,(H,19,20). The third-order valence-electron chi connectivity index (χ3n) is 3.31. The number of halogens is 2. The van der Waals surface area contributed by atoms with Gasteiger partial charge in [-0.15, -0.1) is 0 Å². The van der Waals surface area contributed by atoms with Crippen LogP contribution in [0.5, 0.6) is 0 Å². The predicted molar refractivity (Wildman–Crippen MR) is 79.6 cm³/mol. The average Bonchev–Trinajstić information content (AvgIpc) is 2.43. The maximum Gasteiger partial charge on any atom is 0.280 e. The Morgan fingerprint density at radius 1 is 1.20 bits per heavy atom. The highest BCUT2D eigenvalue weighted by atomic mass is 19.3. The molecular formula is C16H20F2N2. The summed E-state index contributed by atoms with van der Waals surface area (Å²) < 4.78 is 25.8.